The molecule has 6 aromatic carbocycles. The number of halogens is 2. The van der Waals surface area contributed by atoms with Crippen LogP contribution in [0.5, 0.6) is 0 Å². The Bertz CT molecular complexity index is 1640. The summed E-state index contributed by atoms with van der Waals surface area (Å²) < 4.78 is 28.2. The molecule has 0 aliphatic heterocycles. The molecule has 0 fully saturated rings. The third-order valence-electron chi connectivity index (χ3n) is 6.57. The van der Waals surface area contributed by atoms with Crippen LogP contribution in [-0.4, -0.2) is 0 Å². The zero-order chi connectivity index (χ0) is 24.5. The van der Waals surface area contributed by atoms with Crippen molar-refractivity contribution in [3.63, 3.8) is 0 Å². The Kier molecular flexibility index (Phi) is 5.63. The largest absolute Gasteiger partial charge is 0.207 e. The third kappa shape index (κ3) is 4.18. The number of fused-ring (bicyclic) bond motifs is 1. The van der Waals surface area contributed by atoms with Gasteiger partial charge in [0.05, 0.1) is 0 Å². The Balaban J connectivity index is 1.60. The van der Waals surface area contributed by atoms with Gasteiger partial charge in [0, 0.05) is 0 Å². The summed E-state index contributed by atoms with van der Waals surface area (Å²) in [5, 5.41) is 2.28. The summed E-state index contributed by atoms with van der Waals surface area (Å²) in [6.45, 7) is 0. The van der Waals surface area contributed by atoms with Gasteiger partial charge in [-0.2, -0.15) is 0 Å². The van der Waals surface area contributed by atoms with Crippen LogP contribution in [0.1, 0.15) is 0 Å². The molecule has 0 spiro atoms. The molecule has 0 radical (unpaired) electrons. The van der Waals surface area contributed by atoms with Gasteiger partial charge in [-0.3, -0.25) is 0 Å². The quantitative estimate of drug-likeness (QED) is 0.241. The van der Waals surface area contributed by atoms with Crippen molar-refractivity contribution in [3.05, 3.63) is 145 Å². The van der Waals surface area contributed by atoms with Crippen molar-refractivity contribution in [1.29, 1.82) is 0 Å². The molecule has 0 saturated heterocycles. The maximum Gasteiger partial charge on any atom is 0.123 e. The average Bonchev–Trinajstić information content (AvgIpc) is 2.93. The van der Waals surface area contributed by atoms with E-state index in [1.807, 2.05) is 42.5 Å². The van der Waals surface area contributed by atoms with Crippen molar-refractivity contribution in [2.75, 3.05) is 0 Å². The maximum absolute atomic E-state index is 14.1. The van der Waals surface area contributed by atoms with Crippen LogP contribution >= 0.6 is 0 Å². The van der Waals surface area contributed by atoms with Crippen LogP contribution in [0.3, 0.4) is 0 Å². The van der Waals surface area contributed by atoms with Gasteiger partial charge in [-0.25, -0.2) is 8.78 Å². The highest BCUT2D eigenvalue weighted by Crippen LogP contribution is 2.39. The molecule has 0 N–H and O–H groups in total. The summed E-state index contributed by atoms with van der Waals surface area (Å²) in [7, 11) is 0. The van der Waals surface area contributed by atoms with E-state index in [0.717, 1.165) is 49.7 Å². The fourth-order valence-electron chi connectivity index (χ4n) is 4.87. The second kappa shape index (κ2) is 9.24. The lowest BCUT2D eigenvalue weighted by Crippen LogP contribution is -1.90. The van der Waals surface area contributed by atoms with Gasteiger partial charge in [0.1, 0.15) is 11.6 Å². The molecular formula is C34H22F2. The number of hydrogen-bond acceptors (Lipinski definition) is 0. The molecule has 172 valence electrons. The lowest BCUT2D eigenvalue weighted by molar-refractivity contribution is 0.628. The van der Waals surface area contributed by atoms with Gasteiger partial charge in [-0.1, -0.05) is 91.0 Å². The highest BCUT2D eigenvalue weighted by Gasteiger charge is 2.13. The molecular weight excluding hydrogens is 446 g/mol. The average molecular weight is 469 g/mol. The molecule has 0 amide bonds. The Morgan fingerprint density at radius 2 is 0.750 bits per heavy atom. The summed E-state index contributed by atoms with van der Waals surface area (Å²) in [6.07, 6.45) is 0. The van der Waals surface area contributed by atoms with Crippen LogP contribution in [-0.2, 0) is 0 Å². The summed E-state index contributed by atoms with van der Waals surface area (Å²) in [5.41, 5.74) is 7.70. The van der Waals surface area contributed by atoms with Crippen LogP contribution in [0.15, 0.2) is 133 Å². The Hall–Kier alpha value is -4.56. The third-order valence-corrected chi connectivity index (χ3v) is 6.57. The Labute approximate surface area is 209 Å². The van der Waals surface area contributed by atoms with Crippen LogP contribution in [0, 0.1) is 11.6 Å². The summed E-state index contributed by atoms with van der Waals surface area (Å²) in [4.78, 5) is 0. The highest BCUT2D eigenvalue weighted by molar-refractivity contribution is 6.05. The van der Waals surface area contributed by atoms with Gasteiger partial charge in [-0.05, 0) is 97.7 Å². The molecule has 0 nitrogen and oxygen atoms in total. The minimum absolute atomic E-state index is 0.289. The number of hydrogen-bond donors (Lipinski definition) is 0. The topological polar surface area (TPSA) is 0 Å². The zero-order valence-electron chi connectivity index (χ0n) is 19.5. The molecule has 6 aromatic rings. The van der Waals surface area contributed by atoms with E-state index < -0.39 is 0 Å². The van der Waals surface area contributed by atoms with Gasteiger partial charge in [0.2, 0.25) is 0 Å². The van der Waals surface area contributed by atoms with Crippen molar-refractivity contribution >= 4 is 10.8 Å². The van der Waals surface area contributed by atoms with Crippen molar-refractivity contribution < 1.29 is 8.78 Å². The van der Waals surface area contributed by atoms with Crippen molar-refractivity contribution in [2.45, 2.75) is 0 Å². The van der Waals surface area contributed by atoms with E-state index in [0.29, 0.717) is 0 Å². The molecule has 2 heteroatoms. The van der Waals surface area contributed by atoms with E-state index in [1.165, 1.54) is 29.8 Å². The molecule has 0 aliphatic rings. The fraction of sp³-hybridized carbons (Fsp3) is 0. The summed E-state index contributed by atoms with van der Waals surface area (Å²) in [5.74, 6) is -0.578. The first kappa shape index (κ1) is 21.9. The van der Waals surface area contributed by atoms with Crippen molar-refractivity contribution in [2.24, 2.45) is 0 Å². The molecule has 36 heavy (non-hydrogen) atoms. The molecule has 0 aliphatic carbocycles. The van der Waals surface area contributed by atoms with Crippen LogP contribution in [0.2, 0.25) is 0 Å². The second-order valence-electron chi connectivity index (χ2n) is 8.89. The predicted octanol–water partition coefficient (Wildman–Crippen LogP) is 9.79. The molecule has 0 bridgehead atoms. The molecule has 0 heterocycles. The van der Waals surface area contributed by atoms with E-state index in [1.54, 1.807) is 12.1 Å². The molecule has 0 unspecified atom stereocenters. The van der Waals surface area contributed by atoms with Gasteiger partial charge in [-0.15, -0.1) is 0 Å². The summed E-state index contributed by atoms with van der Waals surface area (Å²) >= 11 is 0. The molecule has 6 rings (SSSR count). The minimum atomic E-state index is -0.289. The van der Waals surface area contributed by atoms with Crippen LogP contribution in [0.4, 0.5) is 8.78 Å². The van der Waals surface area contributed by atoms with E-state index >= 15 is 0 Å². The first-order chi connectivity index (χ1) is 17.7. The van der Waals surface area contributed by atoms with Crippen LogP contribution < -0.4 is 0 Å². The SMILES string of the molecule is Fc1cccc(-c2cc(-c3cccc(F)c3)cc(-c3ccc(-c4ccccc4)c4ccccc34)c2)c1. The van der Waals surface area contributed by atoms with E-state index in [2.05, 4.69) is 54.6 Å². The molecule has 0 saturated carbocycles. The van der Waals surface area contributed by atoms with Crippen molar-refractivity contribution in [3.8, 4) is 44.5 Å². The molecule has 0 atom stereocenters. The van der Waals surface area contributed by atoms with Crippen molar-refractivity contribution in [1.82, 2.24) is 0 Å². The van der Waals surface area contributed by atoms with Gasteiger partial charge in [0.15, 0.2) is 0 Å². The van der Waals surface area contributed by atoms with Crippen LogP contribution in [0.25, 0.3) is 55.3 Å². The highest BCUT2D eigenvalue weighted by atomic mass is 19.1. The second-order valence-corrected chi connectivity index (χ2v) is 8.89. The lowest BCUT2D eigenvalue weighted by Gasteiger charge is -2.15. The Morgan fingerprint density at radius 3 is 1.28 bits per heavy atom. The lowest BCUT2D eigenvalue weighted by atomic mass is 9.89. The standard InChI is InChI=1S/C34H22F2/c35-29-12-6-10-24(21-29)26-18-27(25-11-7-13-30(36)22-25)20-28(19-26)32-17-16-31(23-8-2-1-3-9-23)33-14-4-5-15-34(32)33/h1-22H. The first-order valence-corrected chi connectivity index (χ1v) is 11.9. The summed E-state index contributed by atoms with van der Waals surface area (Å²) in [6, 6.07) is 42.4. The van der Waals surface area contributed by atoms with Gasteiger partial charge in [0.25, 0.3) is 0 Å². The van der Waals surface area contributed by atoms with E-state index in [-0.39, 0.29) is 11.6 Å². The fourth-order valence-corrected chi connectivity index (χ4v) is 4.87. The molecule has 0 aromatic heterocycles. The maximum atomic E-state index is 14.1. The zero-order valence-corrected chi connectivity index (χ0v) is 19.5. The Morgan fingerprint density at radius 1 is 0.306 bits per heavy atom. The van der Waals surface area contributed by atoms with E-state index in [9.17, 15) is 8.78 Å². The number of rotatable bonds is 4. The number of benzene rings is 6. The van der Waals surface area contributed by atoms with E-state index in [4.69, 9.17) is 0 Å². The van der Waals surface area contributed by atoms with Gasteiger partial charge < -0.3 is 0 Å². The predicted molar refractivity (Wildman–Crippen MR) is 146 cm³/mol. The normalized spacial score (nSPS) is 11.1. The van der Waals surface area contributed by atoms with Gasteiger partial charge >= 0.3 is 0 Å². The monoisotopic (exact) mass is 468 g/mol. The first-order valence-electron chi connectivity index (χ1n) is 11.9. The minimum Gasteiger partial charge on any atom is -0.207 e. The smallest absolute Gasteiger partial charge is 0.123 e.